The smallest absolute Gasteiger partial charge is 0.321 e. The highest BCUT2D eigenvalue weighted by atomic mass is 16.5. The predicted molar refractivity (Wildman–Crippen MR) is 104 cm³/mol. The minimum absolute atomic E-state index is 0.181. The van der Waals surface area contributed by atoms with Crippen molar-refractivity contribution in [1.82, 2.24) is 15.0 Å². The summed E-state index contributed by atoms with van der Waals surface area (Å²) in [5, 5.41) is 6.83. The van der Waals surface area contributed by atoms with Crippen LogP contribution in [-0.2, 0) is 6.54 Å². The lowest BCUT2D eigenvalue weighted by Crippen LogP contribution is -2.35. The second kappa shape index (κ2) is 8.43. The molecule has 1 aromatic carbocycles. The van der Waals surface area contributed by atoms with Crippen molar-refractivity contribution >= 4 is 11.7 Å². The number of urea groups is 1. The van der Waals surface area contributed by atoms with Gasteiger partial charge in [0.2, 0.25) is 0 Å². The van der Waals surface area contributed by atoms with Crippen molar-refractivity contribution in [3.05, 3.63) is 41.3 Å². The van der Waals surface area contributed by atoms with E-state index in [4.69, 9.17) is 9.26 Å². The van der Waals surface area contributed by atoms with Gasteiger partial charge in [-0.05, 0) is 58.0 Å². The normalized spacial score (nSPS) is 15.6. The highest BCUT2D eigenvalue weighted by molar-refractivity contribution is 5.89. The molecule has 1 saturated heterocycles. The van der Waals surface area contributed by atoms with Crippen molar-refractivity contribution < 1.29 is 14.1 Å². The fraction of sp³-hybridized carbons (Fsp3) is 0.500. The van der Waals surface area contributed by atoms with Gasteiger partial charge in [-0.15, -0.1) is 0 Å². The number of hydrogen-bond donors (Lipinski definition) is 1. The van der Waals surface area contributed by atoms with E-state index in [9.17, 15) is 4.79 Å². The highest BCUT2D eigenvalue weighted by Crippen LogP contribution is 2.21. The monoisotopic (exact) mass is 372 g/mol. The van der Waals surface area contributed by atoms with Gasteiger partial charge < -0.3 is 24.4 Å². The Morgan fingerprint density at radius 2 is 1.96 bits per heavy atom. The van der Waals surface area contributed by atoms with Gasteiger partial charge in [0.05, 0.1) is 12.2 Å². The maximum Gasteiger partial charge on any atom is 0.321 e. The SMILES string of the molecule is Cc1noc(C)c1CN(C)C(=O)Nc1ccc(OC2CCN(C)CC2)cc1. The van der Waals surface area contributed by atoms with Gasteiger partial charge in [0.15, 0.2) is 0 Å². The summed E-state index contributed by atoms with van der Waals surface area (Å²) in [6.07, 6.45) is 2.35. The summed E-state index contributed by atoms with van der Waals surface area (Å²) in [5.74, 6) is 1.58. The van der Waals surface area contributed by atoms with Crippen molar-refractivity contribution in [3.8, 4) is 5.75 Å². The van der Waals surface area contributed by atoms with E-state index in [2.05, 4.69) is 22.4 Å². The average molecular weight is 372 g/mol. The van der Waals surface area contributed by atoms with Crippen molar-refractivity contribution in [3.63, 3.8) is 0 Å². The van der Waals surface area contributed by atoms with Crippen molar-refractivity contribution in [2.45, 2.75) is 39.3 Å². The van der Waals surface area contributed by atoms with Gasteiger partial charge in [0, 0.05) is 31.4 Å². The second-order valence-electron chi connectivity index (χ2n) is 7.23. The molecule has 27 heavy (non-hydrogen) atoms. The number of anilines is 1. The summed E-state index contributed by atoms with van der Waals surface area (Å²) in [6, 6.07) is 7.36. The van der Waals surface area contributed by atoms with Gasteiger partial charge in [-0.3, -0.25) is 0 Å². The van der Waals surface area contributed by atoms with E-state index in [1.807, 2.05) is 38.1 Å². The van der Waals surface area contributed by atoms with Gasteiger partial charge >= 0.3 is 6.03 Å². The summed E-state index contributed by atoms with van der Waals surface area (Å²) >= 11 is 0. The Kier molecular flexibility index (Phi) is 6.01. The summed E-state index contributed by atoms with van der Waals surface area (Å²) in [4.78, 5) is 16.3. The van der Waals surface area contributed by atoms with Gasteiger partial charge in [-0.1, -0.05) is 5.16 Å². The number of benzene rings is 1. The zero-order chi connectivity index (χ0) is 19.4. The topological polar surface area (TPSA) is 70.8 Å². The summed E-state index contributed by atoms with van der Waals surface area (Å²) in [7, 11) is 3.88. The van der Waals surface area contributed by atoms with Crippen molar-refractivity contribution in [1.29, 1.82) is 0 Å². The van der Waals surface area contributed by atoms with Gasteiger partial charge in [0.1, 0.15) is 17.6 Å². The molecule has 0 unspecified atom stereocenters. The van der Waals surface area contributed by atoms with Crippen LogP contribution >= 0.6 is 0 Å². The molecule has 1 N–H and O–H groups in total. The van der Waals surface area contributed by atoms with Gasteiger partial charge in [-0.25, -0.2) is 4.79 Å². The van der Waals surface area contributed by atoms with Crippen LogP contribution in [0.5, 0.6) is 5.75 Å². The van der Waals surface area contributed by atoms with Crippen LogP contribution in [0.4, 0.5) is 10.5 Å². The first-order valence-electron chi connectivity index (χ1n) is 9.31. The zero-order valence-corrected chi connectivity index (χ0v) is 16.5. The van der Waals surface area contributed by atoms with E-state index in [1.165, 1.54) is 0 Å². The van der Waals surface area contributed by atoms with Crippen LogP contribution < -0.4 is 10.1 Å². The summed E-state index contributed by atoms with van der Waals surface area (Å²) < 4.78 is 11.2. The molecule has 1 aliphatic heterocycles. The van der Waals surface area contributed by atoms with E-state index in [0.29, 0.717) is 6.54 Å². The Hall–Kier alpha value is -2.54. The molecule has 0 spiro atoms. The molecule has 2 aromatic rings. The Balaban J connectivity index is 1.52. The first-order chi connectivity index (χ1) is 12.9. The molecule has 146 valence electrons. The Bertz CT molecular complexity index is 745. The number of amides is 2. The third-order valence-corrected chi connectivity index (χ3v) is 5.00. The fourth-order valence-electron chi connectivity index (χ4n) is 3.17. The molecule has 3 rings (SSSR count). The van der Waals surface area contributed by atoms with Gasteiger partial charge in [0.25, 0.3) is 0 Å². The molecule has 0 saturated carbocycles. The van der Waals surface area contributed by atoms with E-state index < -0.39 is 0 Å². The maximum atomic E-state index is 12.4. The number of aryl methyl sites for hydroxylation is 2. The Labute approximate surface area is 160 Å². The summed E-state index contributed by atoms with van der Waals surface area (Å²) in [5.41, 5.74) is 2.48. The maximum absolute atomic E-state index is 12.4. The van der Waals surface area contributed by atoms with Crippen LogP contribution in [0.25, 0.3) is 0 Å². The number of likely N-dealkylation sites (tertiary alicyclic amines) is 1. The molecule has 2 heterocycles. The molecule has 0 radical (unpaired) electrons. The molecule has 0 bridgehead atoms. The molecular weight excluding hydrogens is 344 g/mol. The van der Waals surface area contributed by atoms with Crippen LogP contribution in [0, 0.1) is 13.8 Å². The van der Waals surface area contributed by atoms with E-state index in [-0.39, 0.29) is 12.1 Å². The number of piperidine rings is 1. The second-order valence-corrected chi connectivity index (χ2v) is 7.23. The Morgan fingerprint density at radius 3 is 2.56 bits per heavy atom. The van der Waals surface area contributed by atoms with Crippen LogP contribution in [0.3, 0.4) is 0 Å². The lowest BCUT2D eigenvalue weighted by molar-refractivity contribution is 0.114. The Morgan fingerprint density at radius 1 is 1.30 bits per heavy atom. The highest BCUT2D eigenvalue weighted by Gasteiger charge is 2.18. The fourth-order valence-corrected chi connectivity index (χ4v) is 3.17. The number of hydrogen-bond acceptors (Lipinski definition) is 5. The minimum atomic E-state index is -0.181. The van der Waals surface area contributed by atoms with Crippen LogP contribution in [-0.4, -0.2) is 54.3 Å². The molecular formula is C20H28N4O3. The van der Waals surface area contributed by atoms with Crippen molar-refractivity contribution in [2.24, 2.45) is 0 Å². The first kappa shape index (κ1) is 19.2. The molecule has 7 heteroatoms. The average Bonchev–Trinajstić information content (AvgIpc) is 2.97. The number of ether oxygens (including phenoxy) is 1. The molecule has 1 fully saturated rings. The minimum Gasteiger partial charge on any atom is -0.490 e. The molecule has 1 aromatic heterocycles. The van der Waals surface area contributed by atoms with Gasteiger partial charge in [-0.2, -0.15) is 0 Å². The standard InChI is InChI=1S/C20H28N4O3/c1-14-19(15(2)27-22-14)13-24(4)20(25)21-16-5-7-17(8-6-16)26-18-9-11-23(3)12-10-18/h5-8,18H,9-13H2,1-4H3,(H,21,25). The first-order valence-corrected chi connectivity index (χ1v) is 9.31. The molecule has 0 aliphatic carbocycles. The number of carbonyl (C=O) groups excluding carboxylic acids is 1. The van der Waals surface area contributed by atoms with Crippen LogP contribution in [0.15, 0.2) is 28.8 Å². The van der Waals surface area contributed by atoms with Crippen molar-refractivity contribution in [2.75, 3.05) is 32.5 Å². The number of carbonyl (C=O) groups is 1. The number of rotatable bonds is 5. The van der Waals surface area contributed by atoms with E-state index in [1.54, 1.807) is 11.9 Å². The molecule has 1 aliphatic rings. The lowest BCUT2D eigenvalue weighted by atomic mass is 10.1. The zero-order valence-electron chi connectivity index (χ0n) is 16.5. The third kappa shape index (κ3) is 5.01. The van der Waals surface area contributed by atoms with E-state index in [0.717, 1.165) is 54.4 Å². The molecule has 7 nitrogen and oxygen atoms in total. The number of nitrogens with one attached hydrogen (secondary N) is 1. The van der Waals surface area contributed by atoms with Crippen LogP contribution in [0.1, 0.15) is 29.9 Å². The van der Waals surface area contributed by atoms with Crippen LogP contribution in [0.2, 0.25) is 0 Å². The molecule has 0 atom stereocenters. The van der Waals surface area contributed by atoms with E-state index >= 15 is 0 Å². The largest absolute Gasteiger partial charge is 0.490 e. The predicted octanol–water partition coefficient (Wildman–Crippen LogP) is 3.43. The number of nitrogens with zero attached hydrogens (tertiary/aromatic N) is 3. The third-order valence-electron chi connectivity index (χ3n) is 5.00. The summed E-state index contributed by atoms with van der Waals surface area (Å²) in [6.45, 7) is 6.31. The quantitative estimate of drug-likeness (QED) is 0.871. The molecule has 2 amide bonds. The lowest BCUT2D eigenvalue weighted by Gasteiger charge is -2.29. The number of aromatic nitrogens is 1.